The number of ketones is 1. The molecule has 3 aromatic carbocycles. The Labute approximate surface area is 289 Å². The van der Waals surface area contributed by atoms with Crippen molar-refractivity contribution in [1.82, 2.24) is 10.0 Å². The van der Waals surface area contributed by atoms with Crippen LogP contribution in [0.3, 0.4) is 0 Å². The van der Waals surface area contributed by atoms with Crippen LogP contribution in [0.25, 0.3) is 28.1 Å². The number of benzene rings is 3. The Kier molecular flexibility index (Phi) is 11.8. The van der Waals surface area contributed by atoms with E-state index in [1.54, 1.807) is 31.2 Å². The van der Waals surface area contributed by atoms with Crippen LogP contribution in [0, 0.1) is 5.82 Å². The molecule has 1 aliphatic carbocycles. The van der Waals surface area contributed by atoms with Crippen LogP contribution < -0.4 is 10.0 Å². The van der Waals surface area contributed by atoms with Crippen LogP contribution in [0.5, 0.6) is 0 Å². The maximum Gasteiger partial charge on any atom is 0.379 e. The number of amides is 1. The third kappa shape index (κ3) is 9.23. The summed E-state index contributed by atoms with van der Waals surface area (Å²) in [7, 11) is -2.24. The summed E-state index contributed by atoms with van der Waals surface area (Å²) in [6.45, 7) is 2.22. The number of hydrogen-bond donors (Lipinski definition) is 3. The minimum Gasteiger partial charge on any atom is -0.507 e. The first kappa shape index (κ1) is 36.4. The lowest BCUT2D eigenvalue weighted by Gasteiger charge is -2.12. The number of aliphatic hydroxyl groups is 1. The van der Waals surface area contributed by atoms with Gasteiger partial charge in [-0.15, -0.1) is 0 Å². The number of rotatable bonds is 17. The minimum atomic E-state index is -3.75. The molecule has 5 rings (SSSR count). The van der Waals surface area contributed by atoms with Crippen LogP contribution in [0.4, 0.5) is 4.39 Å². The van der Waals surface area contributed by atoms with Crippen LogP contribution >= 0.6 is 0 Å². The number of sulfonamides is 1. The molecule has 4 aromatic rings. The molecule has 0 bridgehead atoms. The number of carbonyl (C=O) groups excluding carboxylic acids is 3. The van der Waals surface area contributed by atoms with E-state index in [9.17, 15) is 32.3 Å². The number of aliphatic hydroxyl groups excluding tert-OH is 1. The third-order valence-electron chi connectivity index (χ3n) is 8.16. The van der Waals surface area contributed by atoms with Gasteiger partial charge in [0, 0.05) is 42.8 Å². The zero-order valence-corrected chi connectivity index (χ0v) is 28.6. The SMILES string of the molecule is CCOC(=O)C(=O)/C=C(\O)c1cccc(CCCOCCNS(=O)(=O)Cc2cc3oc(-c4ccc(F)cc4)c(C(=O)NC)c3cc2C2CC2)c1. The highest BCUT2D eigenvalue weighted by Gasteiger charge is 2.31. The first-order chi connectivity index (χ1) is 24.0. The van der Waals surface area contributed by atoms with Gasteiger partial charge in [0.1, 0.15) is 22.9 Å². The summed E-state index contributed by atoms with van der Waals surface area (Å²) in [5.41, 5.74) is 3.90. The molecule has 1 aliphatic rings. The highest BCUT2D eigenvalue weighted by atomic mass is 32.2. The Morgan fingerprint density at radius 3 is 2.52 bits per heavy atom. The average Bonchev–Trinajstić information content (AvgIpc) is 3.87. The fourth-order valence-electron chi connectivity index (χ4n) is 5.62. The zero-order chi connectivity index (χ0) is 35.8. The molecule has 11 nitrogen and oxygen atoms in total. The van der Waals surface area contributed by atoms with Gasteiger partial charge in [0.2, 0.25) is 10.0 Å². The first-order valence-corrected chi connectivity index (χ1v) is 18.0. The number of hydrogen-bond acceptors (Lipinski definition) is 9. The van der Waals surface area contributed by atoms with Crippen molar-refractivity contribution in [2.45, 2.75) is 44.3 Å². The number of carbonyl (C=O) groups is 3. The summed E-state index contributed by atoms with van der Waals surface area (Å²) in [4.78, 5) is 36.3. The highest BCUT2D eigenvalue weighted by molar-refractivity contribution is 7.88. The predicted octanol–water partition coefficient (Wildman–Crippen LogP) is 5.58. The van der Waals surface area contributed by atoms with Gasteiger partial charge in [0.15, 0.2) is 0 Å². The van der Waals surface area contributed by atoms with Crippen molar-refractivity contribution >= 4 is 44.4 Å². The van der Waals surface area contributed by atoms with Gasteiger partial charge in [0.25, 0.3) is 11.7 Å². The van der Waals surface area contributed by atoms with E-state index in [2.05, 4.69) is 14.8 Å². The summed E-state index contributed by atoms with van der Waals surface area (Å²) in [6.07, 6.45) is 3.87. The Hall–Kier alpha value is -4.85. The molecule has 3 N–H and O–H groups in total. The molecular weight excluding hydrogens is 667 g/mol. The van der Waals surface area contributed by atoms with Gasteiger partial charge in [-0.25, -0.2) is 22.3 Å². The van der Waals surface area contributed by atoms with Gasteiger partial charge in [-0.3, -0.25) is 9.59 Å². The monoisotopic (exact) mass is 706 g/mol. The molecule has 0 aliphatic heterocycles. The van der Waals surface area contributed by atoms with Crippen molar-refractivity contribution in [2.24, 2.45) is 0 Å². The van der Waals surface area contributed by atoms with Gasteiger partial charge in [-0.2, -0.15) is 0 Å². The Morgan fingerprint density at radius 2 is 1.82 bits per heavy atom. The molecule has 0 spiro atoms. The third-order valence-corrected chi connectivity index (χ3v) is 9.50. The Morgan fingerprint density at radius 1 is 1.06 bits per heavy atom. The largest absolute Gasteiger partial charge is 0.507 e. The number of fused-ring (bicyclic) bond motifs is 1. The second-order valence-corrected chi connectivity index (χ2v) is 13.7. The summed E-state index contributed by atoms with van der Waals surface area (Å²) < 4.78 is 58.9. The van der Waals surface area contributed by atoms with Gasteiger partial charge >= 0.3 is 5.97 Å². The van der Waals surface area contributed by atoms with E-state index in [0.717, 1.165) is 30.0 Å². The van der Waals surface area contributed by atoms with Crippen molar-refractivity contribution in [1.29, 1.82) is 0 Å². The fraction of sp³-hybridized carbons (Fsp3) is 0.324. The Balaban J connectivity index is 1.16. The lowest BCUT2D eigenvalue weighted by Crippen LogP contribution is -2.29. The maximum atomic E-state index is 13.6. The summed E-state index contributed by atoms with van der Waals surface area (Å²) >= 11 is 0. The number of halogens is 1. The van der Waals surface area contributed by atoms with Crippen molar-refractivity contribution in [3.63, 3.8) is 0 Å². The van der Waals surface area contributed by atoms with E-state index in [1.807, 2.05) is 12.1 Å². The van der Waals surface area contributed by atoms with Gasteiger partial charge < -0.3 is 24.3 Å². The highest BCUT2D eigenvalue weighted by Crippen LogP contribution is 2.45. The summed E-state index contributed by atoms with van der Waals surface area (Å²) in [5.74, 6) is -2.93. The van der Waals surface area contributed by atoms with Gasteiger partial charge in [-0.05, 0) is 97.7 Å². The summed E-state index contributed by atoms with van der Waals surface area (Å²) in [5, 5.41) is 13.5. The lowest BCUT2D eigenvalue weighted by atomic mass is 9.98. The molecule has 0 radical (unpaired) electrons. The minimum absolute atomic E-state index is 0.0542. The fourth-order valence-corrected chi connectivity index (χ4v) is 6.77. The van der Waals surface area contributed by atoms with E-state index in [4.69, 9.17) is 9.15 Å². The smallest absolute Gasteiger partial charge is 0.379 e. The zero-order valence-electron chi connectivity index (χ0n) is 27.8. The normalized spacial score (nSPS) is 13.4. The molecule has 0 atom stereocenters. The molecule has 50 heavy (non-hydrogen) atoms. The Bertz CT molecular complexity index is 2020. The molecule has 1 saturated carbocycles. The second-order valence-electron chi connectivity index (χ2n) is 11.9. The second kappa shape index (κ2) is 16.2. The first-order valence-electron chi connectivity index (χ1n) is 16.3. The molecule has 0 unspecified atom stereocenters. The van der Waals surface area contributed by atoms with E-state index in [0.29, 0.717) is 52.7 Å². The summed E-state index contributed by atoms with van der Waals surface area (Å²) in [6, 6.07) is 16.1. The molecule has 1 fully saturated rings. The standard InChI is InChI=1S/C37H39FN2O9S/c1-3-48-37(44)32(42)21-31(41)26-8-4-6-23(18-26)7-5-16-47-17-15-40-50(45,46)22-27-19-33-30(20-29(27)24-9-10-24)34(36(43)39-2)35(49-33)25-11-13-28(38)14-12-25/h4,6,8,11-14,18-21,24,40-41H,3,5,7,9-10,15-17,22H2,1-2H3,(H,39,43)/b31-21-. The van der Waals surface area contributed by atoms with E-state index >= 15 is 0 Å². The van der Waals surface area contributed by atoms with Gasteiger partial charge in [-0.1, -0.05) is 18.2 Å². The number of furan rings is 1. The van der Waals surface area contributed by atoms with Crippen LogP contribution in [-0.4, -0.2) is 64.6 Å². The average molecular weight is 707 g/mol. The van der Waals surface area contributed by atoms with E-state index in [1.165, 1.54) is 31.3 Å². The molecule has 264 valence electrons. The van der Waals surface area contributed by atoms with Crippen LogP contribution in [0.1, 0.15) is 64.7 Å². The molecule has 1 amide bonds. The number of ether oxygens (including phenoxy) is 2. The molecular formula is C37H39FN2O9S. The van der Waals surface area contributed by atoms with Crippen molar-refractivity contribution in [3.8, 4) is 11.3 Å². The maximum absolute atomic E-state index is 13.6. The molecule has 1 aromatic heterocycles. The van der Waals surface area contributed by atoms with Crippen molar-refractivity contribution < 1.29 is 46.2 Å². The van der Waals surface area contributed by atoms with E-state index in [-0.39, 0.29) is 48.9 Å². The quantitative estimate of drug-likeness (QED) is 0.0419. The molecule has 0 saturated heterocycles. The number of nitrogens with one attached hydrogen (secondary N) is 2. The molecule has 1 heterocycles. The van der Waals surface area contributed by atoms with Crippen LogP contribution in [0.15, 0.2) is 71.2 Å². The van der Waals surface area contributed by atoms with Gasteiger partial charge in [0.05, 0.1) is 24.5 Å². The van der Waals surface area contributed by atoms with Crippen LogP contribution in [0.2, 0.25) is 0 Å². The predicted molar refractivity (Wildman–Crippen MR) is 185 cm³/mol. The number of esters is 1. The van der Waals surface area contributed by atoms with Crippen LogP contribution in [-0.2, 0) is 41.3 Å². The van der Waals surface area contributed by atoms with Crippen molar-refractivity contribution in [2.75, 3.05) is 33.4 Å². The van der Waals surface area contributed by atoms with E-state index < -0.39 is 27.6 Å². The van der Waals surface area contributed by atoms with Crippen molar-refractivity contribution in [3.05, 3.63) is 100 Å². The lowest BCUT2D eigenvalue weighted by molar-refractivity contribution is -0.151. The molecule has 13 heteroatoms. The topological polar surface area (TPSA) is 161 Å². The number of aryl methyl sites for hydroxylation is 1.